The lowest BCUT2D eigenvalue weighted by Crippen LogP contribution is -2.32. The quantitative estimate of drug-likeness (QED) is 0.192. The molecule has 0 aliphatic rings. The Balaban J connectivity index is 0. The van der Waals surface area contributed by atoms with Crippen molar-refractivity contribution < 1.29 is 24.9 Å². The zero-order valence-electron chi connectivity index (χ0n) is 18.1. The molecular weight excluding hydrogens is 360 g/mol. The molecule has 0 fully saturated rings. The second-order valence-electron chi connectivity index (χ2n) is 6.95. The summed E-state index contributed by atoms with van der Waals surface area (Å²) in [6.07, 6.45) is 13.3. The van der Waals surface area contributed by atoms with Crippen LogP contribution in [0.1, 0.15) is 77.6 Å². The molecule has 7 heteroatoms. The highest BCUT2D eigenvalue weighted by Crippen LogP contribution is 2.10. The molecule has 5 N–H and O–H groups in total. The third kappa shape index (κ3) is 25.3. The Kier molecular flexibility index (Phi) is 27.7. The minimum atomic E-state index is -0.159. The van der Waals surface area contributed by atoms with Crippen molar-refractivity contribution in [3.05, 3.63) is 0 Å². The SMILES string of the molecule is CCCCCCCCCCCCOC(=O)CCN.OCCN(CCO)CCO. The number of nitrogens with two attached hydrogens (primary N) is 1. The largest absolute Gasteiger partial charge is 0.466 e. The van der Waals surface area contributed by atoms with Gasteiger partial charge in [0.2, 0.25) is 0 Å². The van der Waals surface area contributed by atoms with Gasteiger partial charge in [-0.25, -0.2) is 0 Å². The Bertz CT molecular complexity index is 292. The molecule has 0 amide bonds. The molecule has 0 aromatic carbocycles. The maximum absolute atomic E-state index is 11.0. The van der Waals surface area contributed by atoms with Crippen LogP contribution in [-0.4, -0.2) is 78.8 Å². The van der Waals surface area contributed by atoms with E-state index >= 15 is 0 Å². The third-order valence-electron chi connectivity index (χ3n) is 4.36. The van der Waals surface area contributed by atoms with E-state index in [0.717, 1.165) is 6.42 Å². The van der Waals surface area contributed by atoms with Crippen LogP contribution in [0.25, 0.3) is 0 Å². The van der Waals surface area contributed by atoms with E-state index in [4.69, 9.17) is 25.8 Å². The number of unbranched alkanes of at least 4 members (excludes halogenated alkanes) is 9. The van der Waals surface area contributed by atoms with Gasteiger partial charge in [0.25, 0.3) is 0 Å². The normalized spacial score (nSPS) is 10.6. The van der Waals surface area contributed by atoms with Crippen LogP contribution in [0.3, 0.4) is 0 Å². The first-order valence-corrected chi connectivity index (χ1v) is 11.1. The smallest absolute Gasteiger partial charge is 0.307 e. The Hall–Kier alpha value is -0.730. The average molecular weight is 407 g/mol. The lowest BCUT2D eigenvalue weighted by Gasteiger charge is -2.17. The molecule has 0 saturated heterocycles. The molecule has 28 heavy (non-hydrogen) atoms. The number of carbonyl (C=O) groups excluding carboxylic acids is 1. The fourth-order valence-corrected chi connectivity index (χ4v) is 2.73. The van der Waals surface area contributed by atoms with Crippen LogP contribution in [-0.2, 0) is 9.53 Å². The number of hydrogen-bond acceptors (Lipinski definition) is 7. The van der Waals surface area contributed by atoms with Gasteiger partial charge in [0.05, 0.1) is 32.8 Å². The summed E-state index contributed by atoms with van der Waals surface area (Å²) in [5, 5.41) is 25.5. The van der Waals surface area contributed by atoms with Gasteiger partial charge in [-0.05, 0) is 6.42 Å². The molecular formula is C21H46N2O5. The van der Waals surface area contributed by atoms with Gasteiger partial charge in [-0.3, -0.25) is 9.69 Å². The Morgan fingerprint density at radius 3 is 1.61 bits per heavy atom. The molecule has 7 nitrogen and oxygen atoms in total. The maximum atomic E-state index is 11.0. The number of rotatable bonds is 19. The van der Waals surface area contributed by atoms with Gasteiger partial charge in [-0.1, -0.05) is 64.7 Å². The molecule has 0 saturated carbocycles. The molecule has 0 aromatic heterocycles. The van der Waals surface area contributed by atoms with E-state index in [1.54, 1.807) is 4.90 Å². The summed E-state index contributed by atoms with van der Waals surface area (Å²) >= 11 is 0. The summed E-state index contributed by atoms with van der Waals surface area (Å²) in [6, 6.07) is 0. The van der Waals surface area contributed by atoms with Crippen LogP contribution < -0.4 is 5.73 Å². The first-order valence-electron chi connectivity index (χ1n) is 11.1. The third-order valence-corrected chi connectivity index (χ3v) is 4.36. The van der Waals surface area contributed by atoms with E-state index in [1.165, 1.54) is 57.8 Å². The Labute approximate surface area is 172 Å². The van der Waals surface area contributed by atoms with Crippen molar-refractivity contribution in [2.45, 2.75) is 77.6 Å². The van der Waals surface area contributed by atoms with Crippen LogP contribution in [0, 0.1) is 0 Å². The Morgan fingerprint density at radius 1 is 0.786 bits per heavy atom. The van der Waals surface area contributed by atoms with Crippen molar-refractivity contribution in [1.29, 1.82) is 0 Å². The van der Waals surface area contributed by atoms with E-state index < -0.39 is 0 Å². The van der Waals surface area contributed by atoms with Gasteiger partial charge in [0.1, 0.15) is 0 Å². The minimum Gasteiger partial charge on any atom is -0.466 e. The van der Waals surface area contributed by atoms with Gasteiger partial charge >= 0.3 is 5.97 Å². The van der Waals surface area contributed by atoms with E-state index in [1.807, 2.05) is 0 Å². The van der Waals surface area contributed by atoms with Gasteiger partial charge < -0.3 is 25.8 Å². The van der Waals surface area contributed by atoms with Crippen LogP contribution in [0.5, 0.6) is 0 Å². The molecule has 170 valence electrons. The van der Waals surface area contributed by atoms with E-state index in [-0.39, 0.29) is 25.8 Å². The maximum Gasteiger partial charge on any atom is 0.307 e. The van der Waals surface area contributed by atoms with E-state index in [2.05, 4.69) is 6.92 Å². The average Bonchev–Trinajstić information content (AvgIpc) is 2.67. The fourth-order valence-electron chi connectivity index (χ4n) is 2.73. The monoisotopic (exact) mass is 406 g/mol. The number of ether oxygens (including phenoxy) is 1. The highest BCUT2D eigenvalue weighted by molar-refractivity contribution is 5.69. The standard InChI is InChI=1S/C15H31NO2.C6H15NO3/c1-2-3-4-5-6-7-8-9-10-11-14-18-15(17)12-13-16;8-4-1-7(2-5-9)3-6-10/h2-14,16H2,1H3;8-10H,1-6H2. The number of aliphatic hydroxyl groups excluding tert-OH is 3. The summed E-state index contributed by atoms with van der Waals surface area (Å²) < 4.78 is 5.04. The zero-order valence-corrected chi connectivity index (χ0v) is 18.1. The lowest BCUT2D eigenvalue weighted by molar-refractivity contribution is -0.143. The van der Waals surface area contributed by atoms with Gasteiger partial charge in [-0.2, -0.15) is 0 Å². The first kappa shape index (κ1) is 29.5. The molecule has 0 radical (unpaired) electrons. The number of nitrogens with zero attached hydrogens (tertiary/aromatic N) is 1. The summed E-state index contributed by atoms with van der Waals surface area (Å²) in [5.74, 6) is -0.159. The number of esters is 1. The van der Waals surface area contributed by atoms with Crippen molar-refractivity contribution in [2.75, 3.05) is 52.6 Å². The highest BCUT2D eigenvalue weighted by Gasteiger charge is 2.01. The van der Waals surface area contributed by atoms with Gasteiger partial charge in [0, 0.05) is 26.2 Å². The fraction of sp³-hybridized carbons (Fsp3) is 0.952. The zero-order chi connectivity index (χ0) is 21.3. The number of hydrogen-bond donors (Lipinski definition) is 4. The number of aliphatic hydroxyl groups is 3. The summed E-state index contributed by atoms with van der Waals surface area (Å²) in [4.78, 5) is 12.8. The number of carbonyl (C=O) groups is 1. The molecule has 0 rings (SSSR count). The predicted octanol–water partition coefficient (Wildman–Crippen LogP) is 2.06. The van der Waals surface area contributed by atoms with Crippen LogP contribution >= 0.6 is 0 Å². The van der Waals surface area contributed by atoms with Crippen molar-refractivity contribution in [3.63, 3.8) is 0 Å². The first-order chi connectivity index (χ1) is 13.7. The molecule has 0 aliphatic heterocycles. The van der Waals surface area contributed by atoms with Crippen LogP contribution in [0.2, 0.25) is 0 Å². The van der Waals surface area contributed by atoms with Crippen LogP contribution in [0.4, 0.5) is 0 Å². The Morgan fingerprint density at radius 2 is 1.21 bits per heavy atom. The second kappa shape index (κ2) is 26.3. The predicted molar refractivity (Wildman–Crippen MR) is 114 cm³/mol. The summed E-state index contributed by atoms with van der Waals surface area (Å²) in [5.41, 5.74) is 5.26. The van der Waals surface area contributed by atoms with Crippen molar-refractivity contribution in [1.82, 2.24) is 4.90 Å². The molecule has 0 atom stereocenters. The summed E-state index contributed by atoms with van der Waals surface area (Å²) in [6.45, 7) is 4.95. The molecule has 0 aliphatic carbocycles. The minimum absolute atomic E-state index is 0.0694. The molecule has 0 spiro atoms. The summed E-state index contributed by atoms with van der Waals surface area (Å²) in [7, 11) is 0. The van der Waals surface area contributed by atoms with E-state index in [0.29, 0.717) is 39.2 Å². The molecule has 0 unspecified atom stereocenters. The molecule has 0 aromatic rings. The van der Waals surface area contributed by atoms with Gasteiger partial charge in [0.15, 0.2) is 0 Å². The topological polar surface area (TPSA) is 116 Å². The molecule has 0 bridgehead atoms. The van der Waals surface area contributed by atoms with Crippen molar-refractivity contribution >= 4 is 5.97 Å². The highest BCUT2D eigenvalue weighted by atomic mass is 16.5. The van der Waals surface area contributed by atoms with Gasteiger partial charge in [-0.15, -0.1) is 0 Å². The lowest BCUT2D eigenvalue weighted by atomic mass is 10.1. The van der Waals surface area contributed by atoms with E-state index in [9.17, 15) is 4.79 Å². The van der Waals surface area contributed by atoms with Crippen molar-refractivity contribution in [3.8, 4) is 0 Å². The van der Waals surface area contributed by atoms with Crippen LogP contribution in [0.15, 0.2) is 0 Å². The second-order valence-corrected chi connectivity index (χ2v) is 6.95. The molecule has 0 heterocycles. The van der Waals surface area contributed by atoms with Crippen molar-refractivity contribution in [2.24, 2.45) is 5.73 Å².